The van der Waals surface area contributed by atoms with E-state index in [1.54, 1.807) is 0 Å². The predicted octanol–water partition coefficient (Wildman–Crippen LogP) is 4.66. The third kappa shape index (κ3) is 13.4. The molecule has 0 unspecified atom stereocenters. The number of allylic oxidation sites excluding steroid dienone is 2. The molecule has 0 aromatic carbocycles. The van der Waals surface area contributed by atoms with Gasteiger partial charge in [-0.3, -0.25) is 0 Å². The van der Waals surface area contributed by atoms with Gasteiger partial charge in [0, 0.05) is 6.42 Å². The van der Waals surface area contributed by atoms with Gasteiger partial charge in [-0.15, -0.1) is 0 Å². The van der Waals surface area contributed by atoms with Crippen LogP contribution in [0.1, 0.15) is 71.1 Å². The number of carbonyl (C=O) groups is 1. The smallest absolute Gasteiger partial charge is 0.119 e. The van der Waals surface area contributed by atoms with E-state index in [-0.39, 0.29) is 0 Å². The van der Waals surface area contributed by atoms with Gasteiger partial charge in [-0.25, -0.2) is 0 Å². The molecule has 0 saturated carbocycles. The summed E-state index contributed by atoms with van der Waals surface area (Å²) in [5.74, 6) is 0. The molecule has 0 aromatic heterocycles. The Hall–Kier alpha value is -0.590. The zero-order chi connectivity index (χ0) is 11.2. The minimum absolute atomic E-state index is 0.753. The first-order valence-corrected chi connectivity index (χ1v) is 6.46. The molecular weight excluding hydrogens is 184 g/mol. The summed E-state index contributed by atoms with van der Waals surface area (Å²) in [6, 6.07) is 0. The van der Waals surface area contributed by atoms with Crippen molar-refractivity contribution in [2.45, 2.75) is 71.1 Å². The van der Waals surface area contributed by atoms with Crippen molar-refractivity contribution in [3.8, 4) is 0 Å². The fraction of sp³-hybridized carbons (Fsp3) is 0.786. The Morgan fingerprint density at radius 1 is 0.733 bits per heavy atom. The second-order valence-electron chi connectivity index (χ2n) is 4.14. The SMILES string of the molecule is C/C=C/CCCCCCCCCCC=O. The number of hydrogen-bond acceptors (Lipinski definition) is 1. The minimum Gasteiger partial charge on any atom is -0.303 e. The van der Waals surface area contributed by atoms with Gasteiger partial charge >= 0.3 is 0 Å². The van der Waals surface area contributed by atoms with Gasteiger partial charge in [0.25, 0.3) is 0 Å². The number of aldehydes is 1. The molecule has 0 aromatic rings. The zero-order valence-electron chi connectivity index (χ0n) is 10.2. The van der Waals surface area contributed by atoms with Crippen molar-refractivity contribution in [3.05, 3.63) is 12.2 Å². The molecule has 0 rings (SSSR count). The average Bonchev–Trinajstić information content (AvgIpc) is 2.26. The molecule has 0 amide bonds. The first-order valence-electron chi connectivity index (χ1n) is 6.46. The molecule has 0 spiro atoms. The Bertz CT molecular complexity index is 149. The van der Waals surface area contributed by atoms with Crippen LogP contribution in [0.5, 0.6) is 0 Å². The first kappa shape index (κ1) is 14.4. The summed E-state index contributed by atoms with van der Waals surface area (Å²) >= 11 is 0. The predicted molar refractivity (Wildman–Crippen MR) is 67.0 cm³/mol. The monoisotopic (exact) mass is 210 g/mol. The zero-order valence-corrected chi connectivity index (χ0v) is 10.2. The van der Waals surface area contributed by atoms with Gasteiger partial charge in [-0.1, -0.05) is 50.7 Å². The van der Waals surface area contributed by atoms with Crippen molar-refractivity contribution in [1.82, 2.24) is 0 Å². The van der Waals surface area contributed by atoms with E-state index in [0.29, 0.717) is 0 Å². The molecule has 0 bridgehead atoms. The standard InChI is InChI=1S/C14H26O/c1-2-3-4-5-6-7-8-9-10-11-12-13-14-15/h2-3,14H,4-13H2,1H3/b3-2+. The highest BCUT2D eigenvalue weighted by atomic mass is 16.1. The number of carbonyl (C=O) groups excluding carboxylic acids is 1. The third-order valence-corrected chi connectivity index (χ3v) is 2.68. The fourth-order valence-electron chi connectivity index (χ4n) is 1.72. The van der Waals surface area contributed by atoms with Crippen LogP contribution in [0.15, 0.2) is 12.2 Å². The summed E-state index contributed by atoms with van der Waals surface area (Å²) in [6.45, 7) is 2.08. The largest absolute Gasteiger partial charge is 0.303 e. The van der Waals surface area contributed by atoms with Gasteiger partial charge in [0.05, 0.1) is 0 Å². The molecule has 0 radical (unpaired) electrons. The van der Waals surface area contributed by atoms with Crippen LogP contribution in [-0.4, -0.2) is 6.29 Å². The van der Waals surface area contributed by atoms with E-state index in [4.69, 9.17) is 0 Å². The highest BCUT2D eigenvalue weighted by Crippen LogP contribution is 2.10. The summed E-state index contributed by atoms with van der Waals surface area (Å²) in [5, 5.41) is 0. The Labute approximate surface area is 95.0 Å². The van der Waals surface area contributed by atoms with Crippen LogP contribution in [0.25, 0.3) is 0 Å². The highest BCUT2D eigenvalue weighted by molar-refractivity contribution is 5.48. The molecule has 0 atom stereocenters. The lowest BCUT2D eigenvalue weighted by atomic mass is 10.1. The molecule has 0 N–H and O–H groups in total. The number of unbranched alkanes of at least 4 members (excludes halogenated alkanes) is 9. The second-order valence-corrected chi connectivity index (χ2v) is 4.14. The van der Waals surface area contributed by atoms with Crippen molar-refractivity contribution in [2.75, 3.05) is 0 Å². The normalized spacial score (nSPS) is 11.0. The molecule has 1 nitrogen and oxygen atoms in total. The Morgan fingerprint density at radius 3 is 1.67 bits per heavy atom. The average molecular weight is 210 g/mol. The lowest BCUT2D eigenvalue weighted by Crippen LogP contribution is -1.82. The second kappa shape index (κ2) is 13.4. The third-order valence-electron chi connectivity index (χ3n) is 2.68. The maximum Gasteiger partial charge on any atom is 0.119 e. The van der Waals surface area contributed by atoms with E-state index in [0.717, 1.165) is 19.1 Å². The molecule has 0 aliphatic heterocycles. The molecule has 15 heavy (non-hydrogen) atoms. The van der Waals surface area contributed by atoms with Gasteiger partial charge < -0.3 is 4.79 Å². The van der Waals surface area contributed by atoms with Crippen molar-refractivity contribution in [1.29, 1.82) is 0 Å². The first-order chi connectivity index (χ1) is 7.41. The van der Waals surface area contributed by atoms with Gasteiger partial charge in [0.15, 0.2) is 0 Å². The lowest BCUT2D eigenvalue weighted by molar-refractivity contribution is -0.107. The van der Waals surface area contributed by atoms with E-state index in [1.165, 1.54) is 51.4 Å². The topological polar surface area (TPSA) is 17.1 Å². The van der Waals surface area contributed by atoms with Gasteiger partial charge in [0.1, 0.15) is 6.29 Å². The molecule has 0 saturated heterocycles. The van der Waals surface area contributed by atoms with E-state index in [1.807, 2.05) is 0 Å². The summed E-state index contributed by atoms with van der Waals surface area (Å²) in [7, 11) is 0. The van der Waals surface area contributed by atoms with Crippen LogP contribution in [0.2, 0.25) is 0 Å². The van der Waals surface area contributed by atoms with Crippen molar-refractivity contribution >= 4 is 6.29 Å². The molecule has 88 valence electrons. The number of hydrogen-bond donors (Lipinski definition) is 0. The van der Waals surface area contributed by atoms with Gasteiger partial charge in [-0.05, 0) is 26.2 Å². The molecular formula is C14H26O. The van der Waals surface area contributed by atoms with E-state index in [2.05, 4.69) is 19.1 Å². The summed E-state index contributed by atoms with van der Waals surface area (Å²) < 4.78 is 0. The maximum atomic E-state index is 10.1. The molecule has 0 heterocycles. The van der Waals surface area contributed by atoms with Crippen molar-refractivity contribution in [2.24, 2.45) is 0 Å². The van der Waals surface area contributed by atoms with E-state index in [9.17, 15) is 4.79 Å². The van der Waals surface area contributed by atoms with Gasteiger partial charge in [0.2, 0.25) is 0 Å². The Morgan fingerprint density at radius 2 is 1.20 bits per heavy atom. The van der Waals surface area contributed by atoms with Crippen LogP contribution in [0.3, 0.4) is 0 Å². The van der Waals surface area contributed by atoms with E-state index < -0.39 is 0 Å². The molecule has 1 heteroatoms. The summed E-state index contributed by atoms with van der Waals surface area (Å²) in [4.78, 5) is 10.1. The maximum absolute atomic E-state index is 10.1. The van der Waals surface area contributed by atoms with Crippen molar-refractivity contribution < 1.29 is 4.79 Å². The van der Waals surface area contributed by atoms with Crippen LogP contribution in [-0.2, 0) is 4.79 Å². The Balaban J connectivity index is 2.89. The van der Waals surface area contributed by atoms with E-state index >= 15 is 0 Å². The highest BCUT2D eigenvalue weighted by Gasteiger charge is 1.91. The summed E-state index contributed by atoms with van der Waals surface area (Å²) in [6.07, 6.45) is 17.9. The number of rotatable bonds is 11. The fourth-order valence-corrected chi connectivity index (χ4v) is 1.72. The lowest BCUT2D eigenvalue weighted by Gasteiger charge is -2.00. The summed E-state index contributed by atoms with van der Waals surface area (Å²) in [5.41, 5.74) is 0. The van der Waals surface area contributed by atoms with Crippen LogP contribution < -0.4 is 0 Å². The van der Waals surface area contributed by atoms with Crippen molar-refractivity contribution in [3.63, 3.8) is 0 Å². The quantitative estimate of drug-likeness (QED) is 0.275. The van der Waals surface area contributed by atoms with Crippen LogP contribution in [0, 0.1) is 0 Å². The van der Waals surface area contributed by atoms with Gasteiger partial charge in [-0.2, -0.15) is 0 Å². The Kier molecular flexibility index (Phi) is 12.9. The molecule has 0 aliphatic carbocycles. The minimum atomic E-state index is 0.753. The molecule has 0 fully saturated rings. The van der Waals surface area contributed by atoms with Crippen LogP contribution >= 0.6 is 0 Å². The van der Waals surface area contributed by atoms with Crippen LogP contribution in [0.4, 0.5) is 0 Å². The molecule has 0 aliphatic rings.